The van der Waals surface area contributed by atoms with Crippen LogP contribution in [-0.2, 0) is 22.1 Å². The van der Waals surface area contributed by atoms with Gasteiger partial charge in [-0.3, -0.25) is 0 Å². The molecule has 0 amide bonds. The summed E-state index contributed by atoms with van der Waals surface area (Å²) in [5.41, 5.74) is -0.0388. The molecule has 0 saturated heterocycles. The second kappa shape index (κ2) is 8.90. The van der Waals surface area contributed by atoms with Crippen molar-refractivity contribution < 1.29 is 67.8 Å². The van der Waals surface area contributed by atoms with Crippen molar-refractivity contribution in [2.45, 2.75) is 0 Å². The van der Waals surface area contributed by atoms with Gasteiger partial charge in [0.05, 0.1) is 0 Å². The molecule has 7 heteroatoms. The van der Waals surface area contributed by atoms with E-state index in [2.05, 4.69) is 9.72 Å². The van der Waals surface area contributed by atoms with E-state index in [-0.39, 0.29) is 65.4 Å². The molecule has 0 atom stereocenters. The number of carbonyl (C=O) groups excluding carboxylic acids is 2. The molecule has 20 heavy (non-hydrogen) atoms. The van der Waals surface area contributed by atoms with Gasteiger partial charge in [-0.05, 0) is 24.3 Å². The van der Waals surface area contributed by atoms with E-state index in [1.165, 1.54) is 24.4 Å². The van der Waals surface area contributed by atoms with Crippen molar-refractivity contribution in [2.75, 3.05) is 0 Å². The van der Waals surface area contributed by atoms with Crippen LogP contribution in [0.5, 0.6) is 5.75 Å². The van der Waals surface area contributed by atoms with Gasteiger partial charge in [-0.25, -0.2) is 14.6 Å². The zero-order valence-electron chi connectivity index (χ0n) is 11.6. The van der Waals surface area contributed by atoms with Crippen molar-refractivity contribution >= 4 is 11.9 Å². The number of benzene rings is 1. The second-order valence-corrected chi connectivity index (χ2v) is 3.41. The Balaban J connectivity index is 0. The molecule has 0 fully saturated rings. The number of phenolic OH excluding ortho intramolecular Hbond substituents is 1. The molecule has 0 radical (unpaired) electrons. The first-order valence-electron chi connectivity index (χ1n) is 5.14. The Morgan fingerprint density at radius 3 is 2.30 bits per heavy atom. The van der Waals surface area contributed by atoms with Crippen LogP contribution in [0, 0.1) is 0 Å². The third kappa shape index (κ3) is 4.75. The van der Waals surface area contributed by atoms with Gasteiger partial charge in [-0.15, -0.1) is 0 Å². The summed E-state index contributed by atoms with van der Waals surface area (Å²) in [6.45, 7) is 0. The van der Waals surface area contributed by atoms with Crippen LogP contribution in [0.2, 0.25) is 0 Å². The number of pyridine rings is 1. The van der Waals surface area contributed by atoms with Crippen molar-refractivity contribution in [3.63, 3.8) is 0 Å². The molecule has 0 aliphatic rings. The molecule has 0 spiro atoms. The third-order valence-corrected chi connectivity index (χ3v) is 2.18. The maximum atomic E-state index is 11.6. The Morgan fingerprint density at radius 1 is 1.05 bits per heavy atom. The van der Waals surface area contributed by atoms with Crippen LogP contribution in [0.15, 0.2) is 48.7 Å². The average Bonchev–Trinajstić information content (AvgIpc) is 2.40. The fraction of sp³-hybridized carbons (Fsp3) is 0. The molecule has 2 rings (SSSR count). The number of ether oxygens (including phenoxy) is 1. The molecule has 2 aromatic rings. The summed E-state index contributed by atoms with van der Waals surface area (Å²) >= 11 is 0. The Labute approximate surface area is 149 Å². The van der Waals surface area contributed by atoms with Gasteiger partial charge in [0, 0.05) is 23.6 Å². The summed E-state index contributed by atoms with van der Waals surface area (Å²) in [4.78, 5) is 26.9. The van der Waals surface area contributed by atoms with Crippen molar-refractivity contribution in [1.29, 1.82) is 0 Å². The summed E-state index contributed by atoms with van der Waals surface area (Å²) in [6, 6.07) is 10.5. The van der Waals surface area contributed by atoms with Crippen molar-refractivity contribution in [3.05, 3.63) is 59.9 Å². The zero-order valence-corrected chi connectivity index (χ0v) is 13.9. The third-order valence-electron chi connectivity index (χ3n) is 2.18. The number of nitrogens with zero attached hydrogens (tertiary/aromatic N) is 1. The number of aromatic hydroxyl groups is 1. The van der Waals surface area contributed by atoms with E-state index in [4.69, 9.17) is 0 Å². The van der Waals surface area contributed by atoms with Crippen molar-refractivity contribution in [2.24, 2.45) is 0 Å². The minimum Gasteiger partial charge on any atom is -1.00 e. The van der Waals surface area contributed by atoms with Crippen LogP contribution in [0.4, 0.5) is 0 Å². The Hall–Kier alpha value is -1.16. The maximum absolute atomic E-state index is 11.6. The van der Waals surface area contributed by atoms with E-state index in [1.54, 1.807) is 24.3 Å². The molecule has 0 unspecified atom stereocenters. The number of para-hydroxylation sites is 1. The molecule has 5 nitrogen and oxygen atoms in total. The topological polar surface area (TPSA) is 76.5 Å². The summed E-state index contributed by atoms with van der Waals surface area (Å²) in [5.74, 6) is -2.01. The van der Waals surface area contributed by atoms with Gasteiger partial charge in [-0.1, -0.05) is 18.2 Å². The number of esters is 2. The first-order valence-corrected chi connectivity index (χ1v) is 5.14. The number of carbonyl (C=O) groups is 2. The molecule has 1 aromatic carbocycles. The van der Waals surface area contributed by atoms with E-state index in [9.17, 15) is 14.7 Å². The van der Waals surface area contributed by atoms with Crippen LogP contribution in [0.25, 0.3) is 0 Å². The Morgan fingerprint density at radius 2 is 1.70 bits per heavy atom. The largest absolute Gasteiger partial charge is 1.00 e. The smallest absolute Gasteiger partial charge is 1.00 e. The first-order chi connectivity index (χ1) is 8.68. The Bertz CT molecular complexity index is 598. The van der Waals surface area contributed by atoms with Crippen LogP contribution < -0.4 is 29.6 Å². The quantitative estimate of drug-likeness (QED) is 0.432. The van der Waals surface area contributed by atoms with Crippen LogP contribution in [0.3, 0.4) is 0 Å². The van der Waals surface area contributed by atoms with E-state index in [0.29, 0.717) is 0 Å². The van der Waals surface area contributed by atoms with Gasteiger partial charge in [0.25, 0.3) is 0 Å². The van der Waals surface area contributed by atoms with Crippen LogP contribution >= 0.6 is 0 Å². The van der Waals surface area contributed by atoms with E-state index < -0.39 is 11.9 Å². The average molecular weight is 319 g/mol. The normalized spacial score (nSPS) is 8.80. The van der Waals surface area contributed by atoms with E-state index >= 15 is 0 Å². The van der Waals surface area contributed by atoms with Crippen molar-refractivity contribution in [3.8, 4) is 5.75 Å². The molecule has 0 aliphatic heterocycles. The number of hydrogen-bond acceptors (Lipinski definition) is 5. The van der Waals surface area contributed by atoms with Crippen LogP contribution in [0.1, 0.15) is 22.3 Å². The monoisotopic (exact) mass is 319 g/mol. The molecular weight excluding hydrogens is 309 g/mol. The van der Waals surface area contributed by atoms with Gasteiger partial charge in [0.15, 0.2) is 0 Å². The van der Waals surface area contributed by atoms with Crippen molar-refractivity contribution in [1.82, 2.24) is 4.98 Å². The number of rotatable bonds is 2. The zero-order chi connectivity index (χ0) is 13.0. The summed E-state index contributed by atoms with van der Waals surface area (Å²) in [7, 11) is 0. The summed E-state index contributed by atoms with van der Waals surface area (Å²) in [5, 5.41) is 9.44. The number of phenols is 1. The fourth-order valence-electron chi connectivity index (χ4n) is 1.32. The standard InChI is InChI=1S/C13H9NO4.Cr.Na.H/c15-11-7-2-1-5-9(11)12(16)18-13(17)10-6-3-4-8-14-10;;;/h1-8,15H;;;/q;;+1;-1. The first kappa shape index (κ1) is 18.8. The molecule has 0 aliphatic carbocycles. The van der Waals surface area contributed by atoms with Gasteiger partial charge in [0.1, 0.15) is 17.0 Å². The molecule has 0 bridgehead atoms. The van der Waals surface area contributed by atoms with Gasteiger partial charge in [0.2, 0.25) is 0 Å². The minimum atomic E-state index is -0.913. The summed E-state index contributed by atoms with van der Waals surface area (Å²) < 4.78 is 4.60. The van der Waals surface area contributed by atoms with E-state index in [1.807, 2.05) is 0 Å². The second-order valence-electron chi connectivity index (χ2n) is 3.41. The maximum Gasteiger partial charge on any atom is 1.00 e. The SMILES string of the molecule is O=C(OC(=O)c1ccccc1O)c1ccccn1.[Cr].[H-].[Na+]. The predicted octanol–water partition coefficient (Wildman–Crippen LogP) is -1.10. The minimum absolute atomic E-state index is 0. The molecular formula is C13H10CrNNaO4. The van der Waals surface area contributed by atoms with Gasteiger partial charge < -0.3 is 11.3 Å². The molecule has 98 valence electrons. The van der Waals surface area contributed by atoms with Gasteiger partial charge in [-0.2, -0.15) is 0 Å². The molecule has 0 saturated carbocycles. The number of aromatic nitrogens is 1. The molecule has 1 N–H and O–H groups in total. The molecule has 1 aromatic heterocycles. The summed E-state index contributed by atoms with van der Waals surface area (Å²) in [6.07, 6.45) is 1.42. The van der Waals surface area contributed by atoms with Crippen LogP contribution in [-0.4, -0.2) is 22.0 Å². The van der Waals surface area contributed by atoms with Gasteiger partial charge >= 0.3 is 41.5 Å². The Kier molecular flexibility index (Phi) is 8.39. The van der Waals surface area contributed by atoms with E-state index in [0.717, 1.165) is 0 Å². The number of hydrogen-bond donors (Lipinski definition) is 1. The predicted molar refractivity (Wildman–Crippen MR) is 63.2 cm³/mol. The molecule has 1 heterocycles. The fourth-order valence-corrected chi connectivity index (χ4v) is 1.32.